The Bertz CT molecular complexity index is 1540. The first-order chi connectivity index (χ1) is 18.7. The summed E-state index contributed by atoms with van der Waals surface area (Å²) in [6.07, 6.45) is 3.93. The van der Waals surface area contributed by atoms with Crippen LogP contribution in [0.25, 0.3) is 22.4 Å². The zero-order chi connectivity index (χ0) is 27.4. The number of nitrogens with one attached hydrogen (secondary N) is 1. The first-order valence-electron chi connectivity index (χ1n) is 14.2. The van der Waals surface area contributed by atoms with E-state index in [4.69, 9.17) is 9.97 Å². The van der Waals surface area contributed by atoms with Crippen LogP contribution >= 0.6 is 0 Å². The molecule has 1 N–H and O–H groups in total. The molecule has 0 unspecified atom stereocenters. The molecule has 8 nitrogen and oxygen atoms in total. The van der Waals surface area contributed by atoms with Crippen LogP contribution in [0.5, 0.6) is 0 Å². The van der Waals surface area contributed by atoms with Crippen molar-refractivity contribution in [3.05, 3.63) is 58.0 Å². The molecular formula is C31H40N8. The van der Waals surface area contributed by atoms with Crippen LogP contribution in [0.3, 0.4) is 0 Å². The first-order valence-corrected chi connectivity index (χ1v) is 14.2. The SMILES string of the molecule is Cc1ccc(C(C)C)cc1N1CCc2nc(-c3c(C)cnc4n[nH]c(C)c34)nc(N3CC[C@@H](N(C)C)C3)c2C1. The Labute approximate surface area is 231 Å². The zero-order valence-corrected chi connectivity index (χ0v) is 24.3. The van der Waals surface area contributed by atoms with Crippen molar-refractivity contribution in [1.29, 1.82) is 0 Å². The van der Waals surface area contributed by atoms with Crippen LogP contribution in [0.2, 0.25) is 0 Å². The number of hydrogen-bond acceptors (Lipinski definition) is 7. The summed E-state index contributed by atoms with van der Waals surface area (Å²) in [6.45, 7) is 14.7. The molecule has 39 heavy (non-hydrogen) atoms. The van der Waals surface area contributed by atoms with Gasteiger partial charge in [-0.05, 0) is 70.0 Å². The van der Waals surface area contributed by atoms with Gasteiger partial charge in [-0.3, -0.25) is 5.10 Å². The summed E-state index contributed by atoms with van der Waals surface area (Å²) in [4.78, 5) is 22.5. The minimum atomic E-state index is 0.502. The molecule has 1 fully saturated rings. The van der Waals surface area contributed by atoms with Crippen molar-refractivity contribution in [2.75, 3.05) is 43.5 Å². The monoisotopic (exact) mass is 524 g/mol. The van der Waals surface area contributed by atoms with Crippen LogP contribution in [0.4, 0.5) is 11.5 Å². The molecule has 2 aliphatic heterocycles. The molecule has 0 aliphatic carbocycles. The molecule has 1 aromatic carbocycles. The van der Waals surface area contributed by atoms with E-state index in [1.54, 1.807) is 0 Å². The topological polar surface area (TPSA) is 77.1 Å². The third-order valence-corrected chi connectivity index (χ3v) is 8.65. The number of nitrogens with zero attached hydrogens (tertiary/aromatic N) is 7. The Balaban J connectivity index is 1.48. The highest BCUT2D eigenvalue weighted by molar-refractivity contribution is 5.94. The maximum atomic E-state index is 5.36. The summed E-state index contributed by atoms with van der Waals surface area (Å²) in [5.74, 6) is 2.38. The van der Waals surface area contributed by atoms with E-state index in [0.29, 0.717) is 12.0 Å². The van der Waals surface area contributed by atoms with Gasteiger partial charge >= 0.3 is 0 Å². The number of anilines is 2. The number of aryl methyl sites for hydroxylation is 3. The molecule has 0 spiro atoms. The van der Waals surface area contributed by atoms with E-state index in [0.717, 1.165) is 78.5 Å². The van der Waals surface area contributed by atoms with E-state index in [2.05, 4.69) is 89.9 Å². The minimum absolute atomic E-state index is 0.502. The fourth-order valence-electron chi connectivity index (χ4n) is 6.17. The average Bonchev–Trinajstić information content (AvgIpc) is 3.56. The molecular weight excluding hydrogens is 484 g/mol. The van der Waals surface area contributed by atoms with Crippen molar-refractivity contribution in [1.82, 2.24) is 30.0 Å². The second kappa shape index (κ2) is 9.90. The molecule has 0 amide bonds. The Hall–Kier alpha value is -3.52. The standard InChI is InChI=1S/C31H40N8/c1-18(2)22-9-8-19(3)26(14-22)38-13-11-25-24(17-38)31(39-12-10-23(16-39)37(6)7)34-30(33-25)27-20(4)15-32-29-28(27)21(5)35-36-29/h8-9,14-15,18,23H,10-13,16-17H2,1-7H3,(H,32,35,36)/t23-/m1/s1. The van der Waals surface area contributed by atoms with E-state index < -0.39 is 0 Å². The predicted molar refractivity (Wildman–Crippen MR) is 159 cm³/mol. The van der Waals surface area contributed by atoms with Gasteiger partial charge < -0.3 is 14.7 Å². The highest BCUT2D eigenvalue weighted by atomic mass is 15.3. The normalized spacial score (nSPS) is 17.6. The third-order valence-electron chi connectivity index (χ3n) is 8.65. The lowest BCUT2D eigenvalue weighted by atomic mass is 9.98. The number of aromatic nitrogens is 5. The van der Waals surface area contributed by atoms with Crippen molar-refractivity contribution in [3.63, 3.8) is 0 Å². The molecule has 8 heteroatoms. The van der Waals surface area contributed by atoms with E-state index in [9.17, 15) is 0 Å². The van der Waals surface area contributed by atoms with Gasteiger partial charge in [-0.2, -0.15) is 5.10 Å². The average molecular weight is 525 g/mol. The molecule has 1 atom stereocenters. The molecule has 204 valence electrons. The Kier molecular flexibility index (Phi) is 6.53. The van der Waals surface area contributed by atoms with Crippen LogP contribution in [-0.2, 0) is 13.0 Å². The second-order valence-corrected chi connectivity index (χ2v) is 11.9. The molecule has 0 radical (unpaired) electrons. The van der Waals surface area contributed by atoms with Gasteiger partial charge in [0.25, 0.3) is 0 Å². The maximum absolute atomic E-state index is 5.36. The van der Waals surface area contributed by atoms with Gasteiger partial charge in [-0.15, -0.1) is 0 Å². The maximum Gasteiger partial charge on any atom is 0.181 e. The van der Waals surface area contributed by atoms with Crippen molar-refractivity contribution >= 4 is 22.5 Å². The van der Waals surface area contributed by atoms with Crippen LogP contribution < -0.4 is 9.80 Å². The summed E-state index contributed by atoms with van der Waals surface area (Å²) < 4.78 is 0. The molecule has 2 aliphatic rings. The largest absolute Gasteiger partial charge is 0.366 e. The first kappa shape index (κ1) is 25.7. The van der Waals surface area contributed by atoms with Crippen molar-refractivity contribution < 1.29 is 0 Å². The molecule has 3 aromatic heterocycles. The van der Waals surface area contributed by atoms with E-state index in [-0.39, 0.29) is 0 Å². The van der Waals surface area contributed by atoms with Crippen LogP contribution in [0.1, 0.15) is 59.8 Å². The Morgan fingerprint density at radius 1 is 1.03 bits per heavy atom. The van der Waals surface area contributed by atoms with E-state index in [1.807, 2.05) is 13.1 Å². The van der Waals surface area contributed by atoms with Gasteiger partial charge in [0, 0.05) is 67.3 Å². The molecule has 0 bridgehead atoms. The minimum Gasteiger partial charge on any atom is -0.366 e. The zero-order valence-electron chi connectivity index (χ0n) is 24.3. The summed E-state index contributed by atoms with van der Waals surface area (Å²) in [5, 5.41) is 8.55. The Morgan fingerprint density at radius 3 is 2.59 bits per heavy atom. The number of aromatic amines is 1. The lowest BCUT2D eigenvalue weighted by Gasteiger charge is -2.34. The van der Waals surface area contributed by atoms with Gasteiger partial charge in [-0.25, -0.2) is 15.0 Å². The number of fused-ring (bicyclic) bond motifs is 2. The van der Waals surface area contributed by atoms with Crippen LogP contribution in [0, 0.1) is 20.8 Å². The number of rotatable bonds is 5. The fraction of sp³-hybridized carbons (Fsp3) is 0.484. The van der Waals surface area contributed by atoms with Crippen molar-refractivity contribution in [2.24, 2.45) is 0 Å². The smallest absolute Gasteiger partial charge is 0.181 e. The fourth-order valence-corrected chi connectivity index (χ4v) is 6.17. The number of pyridine rings is 1. The summed E-state index contributed by atoms with van der Waals surface area (Å²) >= 11 is 0. The van der Waals surface area contributed by atoms with Crippen LogP contribution in [-0.4, -0.2) is 69.8 Å². The van der Waals surface area contributed by atoms with Gasteiger partial charge in [0.2, 0.25) is 0 Å². The molecule has 4 aromatic rings. The highest BCUT2D eigenvalue weighted by Crippen LogP contribution is 2.37. The lowest BCUT2D eigenvalue weighted by molar-refractivity contribution is 0.315. The third kappa shape index (κ3) is 4.54. The van der Waals surface area contributed by atoms with Crippen molar-refractivity contribution in [2.45, 2.75) is 66.0 Å². The van der Waals surface area contributed by atoms with Gasteiger partial charge in [0.05, 0.1) is 11.1 Å². The summed E-state index contributed by atoms with van der Waals surface area (Å²) in [5.41, 5.74) is 10.3. The van der Waals surface area contributed by atoms with Gasteiger partial charge in [-0.1, -0.05) is 26.0 Å². The molecule has 5 heterocycles. The summed E-state index contributed by atoms with van der Waals surface area (Å²) in [6, 6.07) is 7.45. The molecule has 1 saturated heterocycles. The quantitative estimate of drug-likeness (QED) is 0.386. The van der Waals surface area contributed by atoms with Crippen LogP contribution in [0.15, 0.2) is 24.4 Å². The highest BCUT2D eigenvalue weighted by Gasteiger charge is 2.32. The lowest BCUT2D eigenvalue weighted by Crippen LogP contribution is -2.36. The number of H-pyrrole nitrogens is 1. The molecule has 6 rings (SSSR count). The second-order valence-electron chi connectivity index (χ2n) is 11.9. The van der Waals surface area contributed by atoms with E-state index in [1.165, 1.54) is 28.1 Å². The molecule has 0 saturated carbocycles. The summed E-state index contributed by atoms with van der Waals surface area (Å²) in [7, 11) is 4.36. The Morgan fingerprint density at radius 2 is 1.85 bits per heavy atom. The number of likely N-dealkylation sites (N-methyl/N-ethyl adjacent to an activating group) is 1. The number of benzene rings is 1. The number of hydrogen-bond donors (Lipinski definition) is 1. The van der Waals surface area contributed by atoms with Crippen molar-refractivity contribution in [3.8, 4) is 11.4 Å². The van der Waals surface area contributed by atoms with E-state index >= 15 is 0 Å². The predicted octanol–water partition coefficient (Wildman–Crippen LogP) is 5.17. The van der Waals surface area contributed by atoms with Gasteiger partial charge in [0.15, 0.2) is 11.5 Å². The van der Waals surface area contributed by atoms with Gasteiger partial charge in [0.1, 0.15) is 5.82 Å².